The molecule has 0 bridgehead atoms. The minimum Gasteiger partial charge on any atom is -0.497 e. The predicted octanol–water partition coefficient (Wildman–Crippen LogP) is 2.31. The molecule has 20 heavy (non-hydrogen) atoms. The van der Waals surface area contributed by atoms with Crippen molar-refractivity contribution in [1.29, 1.82) is 0 Å². The summed E-state index contributed by atoms with van der Waals surface area (Å²) < 4.78 is 5.19. The third-order valence-electron chi connectivity index (χ3n) is 4.29. The highest BCUT2D eigenvalue weighted by molar-refractivity contribution is 5.81. The molecule has 2 atom stereocenters. The molecule has 1 saturated carbocycles. The maximum Gasteiger partial charge on any atom is 0.238 e. The maximum atomic E-state index is 12.2. The number of carbonyl (C=O) groups excluding carboxylic acids is 1. The molecule has 1 aliphatic carbocycles. The minimum absolute atomic E-state index is 0.00200. The van der Waals surface area contributed by atoms with Gasteiger partial charge in [0.25, 0.3) is 0 Å². The quantitative estimate of drug-likeness (QED) is 0.896. The van der Waals surface area contributed by atoms with Crippen molar-refractivity contribution in [2.24, 2.45) is 5.92 Å². The Kier molecular flexibility index (Phi) is 3.66. The smallest absolute Gasteiger partial charge is 0.238 e. The standard InChI is InChI=1S/C16H22N2O2/c1-11(9-12-3-4-12)18-15(19)10-17-16(18)13-5-7-14(20-2)8-6-13/h5-8,11-12,16-17H,3-4,9-10H2,1-2H3. The number of nitrogens with one attached hydrogen (secondary N) is 1. The van der Waals surface area contributed by atoms with Crippen LogP contribution >= 0.6 is 0 Å². The lowest BCUT2D eigenvalue weighted by Gasteiger charge is -2.31. The van der Waals surface area contributed by atoms with Crippen LogP contribution in [0, 0.1) is 5.92 Å². The third-order valence-corrected chi connectivity index (χ3v) is 4.29. The molecule has 0 radical (unpaired) electrons. The first-order chi connectivity index (χ1) is 9.69. The van der Waals surface area contributed by atoms with E-state index in [9.17, 15) is 4.79 Å². The fourth-order valence-electron chi connectivity index (χ4n) is 3.03. The summed E-state index contributed by atoms with van der Waals surface area (Å²) in [6, 6.07) is 8.27. The van der Waals surface area contributed by atoms with E-state index in [1.54, 1.807) is 7.11 Å². The van der Waals surface area contributed by atoms with Crippen LogP contribution in [0.25, 0.3) is 0 Å². The van der Waals surface area contributed by atoms with Gasteiger partial charge >= 0.3 is 0 Å². The van der Waals surface area contributed by atoms with E-state index >= 15 is 0 Å². The summed E-state index contributed by atoms with van der Waals surface area (Å²) in [5, 5.41) is 3.32. The van der Waals surface area contributed by atoms with Crippen LogP contribution in [0.3, 0.4) is 0 Å². The SMILES string of the molecule is COc1ccc(C2NCC(=O)N2C(C)CC2CC2)cc1. The number of hydrogen-bond donors (Lipinski definition) is 1. The maximum absolute atomic E-state index is 12.2. The van der Waals surface area contributed by atoms with Crippen LogP contribution in [-0.4, -0.2) is 30.5 Å². The molecule has 1 aliphatic heterocycles. The molecule has 1 N–H and O–H groups in total. The second-order valence-electron chi connectivity index (χ2n) is 5.89. The Balaban J connectivity index is 1.76. The van der Waals surface area contributed by atoms with Crippen molar-refractivity contribution in [3.05, 3.63) is 29.8 Å². The second-order valence-corrected chi connectivity index (χ2v) is 5.89. The van der Waals surface area contributed by atoms with Gasteiger partial charge in [-0.25, -0.2) is 0 Å². The number of carbonyl (C=O) groups is 1. The van der Waals surface area contributed by atoms with E-state index in [-0.39, 0.29) is 12.1 Å². The molecule has 2 unspecified atom stereocenters. The molecule has 1 heterocycles. The zero-order valence-corrected chi connectivity index (χ0v) is 12.1. The number of rotatable bonds is 5. The van der Waals surface area contributed by atoms with Gasteiger partial charge in [-0.15, -0.1) is 0 Å². The van der Waals surface area contributed by atoms with Gasteiger partial charge in [-0.2, -0.15) is 0 Å². The van der Waals surface area contributed by atoms with Gasteiger partial charge in [0, 0.05) is 6.04 Å². The van der Waals surface area contributed by atoms with Crippen LogP contribution in [0.1, 0.15) is 37.9 Å². The highest BCUT2D eigenvalue weighted by Gasteiger charge is 2.37. The van der Waals surface area contributed by atoms with E-state index in [1.807, 2.05) is 29.2 Å². The van der Waals surface area contributed by atoms with Crippen LogP contribution in [0.2, 0.25) is 0 Å². The molecule has 4 nitrogen and oxygen atoms in total. The molecule has 1 aromatic carbocycles. The van der Waals surface area contributed by atoms with E-state index in [2.05, 4.69) is 12.2 Å². The number of ether oxygens (including phenoxy) is 1. The normalized spacial score (nSPS) is 24.0. The highest BCUT2D eigenvalue weighted by Crippen LogP contribution is 2.37. The van der Waals surface area contributed by atoms with Crippen molar-refractivity contribution in [2.45, 2.75) is 38.4 Å². The van der Waals surface area contributed by atoms with Crippen LogP contribution < -0.4 is 10.1 Å². The van der Waals surface area contributed by atoms with Gasteiger partial charge in [-0.3, -0.25) is 10.1 Å². The molecule has 1 saturated heterocycles. The lowest BCUT2D eigenvalue weighted by atomic mass is 10.1. The van der Waals surface area contributed by atoms with Gasteiger partial charge < -0.3 is 9.64 Å². The highest BCUT2D eigenvalue weighted by atomic mass is 16.5. The molecule has 2 fully saturated rings. The first-order valence-electron chi connectivity index (χ1n) is 7.37. The van der Waals surface area contributed by atoms with Crippen molar-refractivity contribution in [1.82, 2.24) is 10.2 Å². The molecule has 3 rings (SSSR count). The van der Waals surface area contributed by atoms with Gasteiger partial charge in [0.05, 0.1) is 13.7 Å². The Morgan fingerprint density at radius 3 is 2.65 bits per heavy atom. The van der Waals surface area contributed by atoms with E-state index in [0.717, 1.165) is 23.7 Å². The number of nitrogens with zero attached hydrogens (tertiary/aromatic N) is 1. The second kappa shape index (κ2) is 5.44. The summed E-state index contributed by atoms with van der Waals surface area (Å²) in [6.45, 7) is 2.60. The summed E-state index contributed by atoms with van der Waals surface area (Å²) in [5.74, 6) is 1.88. The molecule has 0 spiro atoms. The van der Waals surface area contributed by atoms with Crippen molar-refractivity contribution < 1.29 is 9.53 Å². The Morgan fingerprint density at radius 1 is 1.35 bits per heavy atom. The van der Waals surface area contributed by atoms with Crippen LogP contribution in [-0.2, 0) is 4.79 Å². The van der Waals surface area contributed by atoms with Crippen LogP contribution in [0.5, 0.6) is 5.75 Å². The summed E-state index contributed by atoms with van der Waals surface area (Å²) >= 11 is 0. The van der Waals surface area contributed by atoms with Gasteiger partial charge in [0.2, 0.25) is 5.91 Å². The van der Waals surface area contributed by atoms with E-state index < -0.39 is 0 Å². The molecular weight excluding hydrogens is 252 g/mol. The van der Waals surface area contributed by atoms with Crippen molar-refractivity contribution in [2.75, 3.05) is 13.7 Å². The zero-order valence-electron chi connectivity index (χ0n) is 12.1. The molecule has 1 aromatic rings. The van der Waals surface area contributed by atoms with Gasteiger partial charge in [-0.1, -0.05) is 25.0 Å². The number of amides is 1. The Labute approximate surface area is 120 Å². The molecule has 2 aliphatic rings. The summed E-state index contributed by atoms with van der Waals surface area (Å²) in [4.78, 5) is 14.2. The third kappa shape index (κ3) is 2.66. The molecule has 1 amide bonds. The molecule has 108 valence electrons. The molecule has 4 heteroatoms. The average molecular weight is 274 g/mol. The Hall–Kier alpha value is -1.55. The van der Waals surface area contributed by atoms with Gasteiger partial charge in [0.1, 0.15) is 11.9 Å². The summed E-state index contributed by atoms with van der Waals surface area (Å²) in [5.41, 5.74) is 1.12. The largest absolute Gasteiger partial charge is 0.497 e. The first kappa shape index (κ1) is 13.4. The van der Waals surface area contributed by atoms with Crippen LogP contribution in [0.4, 0.5) is 0 Å². The number of methoxy groups -OCH3 is 1. The first-order valence-corrected chi connectivity index (χ1v) is 7.37. The number of hydrogen-bond acceptors (Lipinski definition) is 3. The zero-order chi connectivity index (χ0) is 14.1. The van der Waals surface area contributed by atoms with Gasteiger partial charge in [0.15, 0.2) is 0 Å². The molecular formula is C16H22N2O2. The fraction of sp³-hybridized carbons (Fsp3) is 0.562. The lowest BCUT2D eigenvalue weighted by molar-refractivity contribution is -0.130. The monoisotopic (exact) mass is 274 g/mol. The van der Waals surface area contributed by atoms with E-state index in [0.29, 0.717) is 12.6 Å². The van der Waals surface area contributed by atoms with Crippen LogP contribution in [0.15, 0.2) is 24.3 Å². The topological polar surface area (TPSA) is 41.6 Å². The average Bonchev–Trinajstić information content (AvgIpc) is 3.19. The molecule has 0 aromatic heterocycles. The van der Waals surface area contributed by atoms with E-state index in [4.69, 9.17) is 4.74 Å². The summed E-state index contributed by atoms with van der Waals surface area (Å²) in [7, 11) is 1.66. The number of benzene rings is 1. The van der Waals surface area contributed by atoms with Crippen molar-refractivity contribution in [3.63, 3.8) is 0 Å². The Morgan fingerprint density at radius 2 is 2.05 bits per heavy atom. The summed E-state index contributed by atoms with van der Waals surface area (Å²) in [6.07, 6.45) is 3.78. The predicted molar refractivity (Wildman–Crippen MR) is 77.4 cm³/mol. The van der Waals surface area contributed by atoms with Crippen molar-refractivity contribution in [3.8, 4) is 5.75 Å². The van der Waals surface area contributed by atoms with Crippen molar-refractivity contribution >= 4 is 5.91 Å². The minimum atomic E-state index is 0.00200. The Bertz CT molecular complexity index is 482. The fourth-order valence-corrected chi connectivity index (χ4v) is 3.03. The lowest BCUT2D eigenvalue weighted by Crippen LogP contribution is -2.38. The van der Waals surface area contributed by atoms with E-state index in [1.165, 1.54) is 12.8 Å². The van der Waals surface area contributed by atoms with Gasteiger partial charge in [-0.05, 0) is 37.0 Å².